The summed E-state index contributed by atoms with van der Waals surface area (Å²) >= 11 is 1.36. The van der Waals surface area contributed by atoms with E-state index in [1.807, 2.05) is 25.1 Å². The molecule has 0 spiro atoms. The second kappa shape index (κ2) is 7.66. The van der Waals surface area contributed by atoms with Gasteiger partial charge in [0.15, 0.2) is 17.3 Å². The monoisotopic (exact) mass is 386 g/mol. The molecule has 27 heavy (non-hydrogen) atoms. The summed E-state index contributed by atoms with van der Waals surface area (Å²) in [5.74, 6) is 1.74. The van der Waals surface area contributed by atoms with Gasteiger partial charge in [-0.05, 0) is 55.5 Å². The zero-order valence-corrected chi connectivity index (χ0v) is 16.2. The fourth-order valence-corrected chi connectivity index (χ4v) is 4.30. The molecule has 0 aliphatic carbocycles. The molecule has 1 saturated heterocycles. The molecule has 1 aliphatic heterocycles. The summed E-state index contributed by atoms with van der Waals surface area (Å²) in [5.41, 5.74) is 2.98. The van der Waals surface area contributed by atoms with E-state index in [-0.39, 0.29) is 5.75 Å². The van der Waals surface area contributed by atoms with Gasteiger partial charge < -0.3 is 14.4 Å². The zero-order valence-electron chi connectivity index (χ0n) is 15.4. The van der Waals surface area contributed by atoms with Crippen LogP contribution in [-0.4, -0.2) is 44.9 Å². The highest BCUT2D eigenvalue weighted by molar-refractivity contribution is 7.09. The van der Waals surface area contributed by atoms with Gasteiger partial charge in [0.2, 0.25) is 0 Å². The number of aromatic hydroxyl groups is 1. The van der Waals surface area contributed by atoms with Crippen molar-refractivity contribution < 1.29 is 14.4 Å². The molecule has 0 unspecified atom stereocenters. The van der Waals surface area contributed by atoms with Gasteiger partial charge in [-0.1, -0.05) is 15.7 Å². The molecule has 3 aromatic rings. The quantitative estimate of drug-likeness (QED) is 0.717. The first kappa shape index (κ1) is 17.9. The SMILES string of the molecule is COc1cc(CN2CCC[C@@H](c3nnsc3-c3cc(C)no3)C2)ccc1O. The van der Waals surface area contributed by atoms with Gasteiger partial charge in [-0.25, -0.2) is 0 Å². The molecule has 0 saturated carbocycles. The third-order valence-corrected chi connectivity index (χ3v) is 5.66. The summed E-state index contributed by atoms with van der Waals surface area (Å²) in [7, 11) is 1.57. The standard InChI is InChI=1S/C19H22N4O3S/c1-12-8-17(26-21-12)19-18(20-22-27-19)14-4-3-7-23(11-14)10-13-5-6-15(24)16(9-13)25-2/h5-6,8-9,14,24H,3-4,7,10-11H2,1-2H3/t14-/m1/s1. The Kier molecular flexibility index (Phi) is 5.09. The van der Waals surface area contributed by atoms with E-state index in [1.165, 1.54) is 11.5 Å². The molecule has 142 valence electrons. The highest BCUT2D eigenvalue weighted by Gasteiger charge is 2.28. The minimum absolute atomic E-state index is 0.165. The summed E-state index contributed by atoms with van der Waals surface area (Å²) in [4.78, 5) is 3.39. The molecule has 1 aliphatic rings. The van der Waals surface area contributed by atoms with E-state index >= 15 is 0 Å². The average molecular weight is 386 g/mol. The van der Waals surface area contributed by atoms with E-state index < -0.39 is 0 Å². The Morgan fingerprint density at radius 2 is 2.26 bits per heavy atom. The van der Waals surface area contributed by atoms with Gasteiger partial charge in [0.1, 0.15) is 4.88 Å². The van der Waals surface area contributed by atoms with Crippen molar-refractivity contribution in [2.75, 3.05) is 20.2 Å². The van der Waals surface area contributed by atoms with Crippen LogP contribution in [0.15, 0.2) is 28.8 Å². The van der Waals surface area contributed by atoms with Crippen LogP contribution in [-0.2, 0) is 6.54 Å². The number of piperidine rings is 1. The fourth-order valence-electron chi connectivity index (χ4n) is 3.61. The molecule has 4 rings (SSSR count). The molecule has 0 bridgehead atoms. The van der Waals surface area contributed by atoms with Crippen LogP contribution in [0.5, 0.6) is 11.5 Å². The largest absolute Gasteiger partial charge is 0.504 e. The van der Waals surface area contributed by atoms with Crippen molar-refractivity contribution in [3.05, 3.63) is 41.2 Å². The van der Waals surface area contributed by atoms with Crippen molar-refractivity contribution in [2.24, 2.45) is 0 Å². The molecule has 8 heteroatoms. The van der Waals surface area contributed by atoms with Crippen molar-refractivity contribution in [1.82, 2.24) is 19.6 Å². The lowest BCUT2D eigenvalue weighted by Crippen LogP contribution is -2.34. The molecular weight excluding hydrogens is 364 g/mol. The lowest BCUT2D eigenvalue weighted by molar-refractivity contribution is 0.198. The Morgan fingerprint density at radius 3 is 3.04 bits per heavy atom. The Labute approximate surface area is 161 Å². The van der Waals surface area contributed by atoms with Crippen LogP contribution in [0.3, 0.4) is 0 Å². The fraction of sp³-hybridized carbons (Fsp3) is 0.421. The lowest BCUT2D eigenvalue weighted by Gasteiger charge is -2.32. The van der Waals surface area contributed by atoms with Gasteiger partial charge in [-0.3, -0.25) is 4.90 Å². The Balaban J connectivity index is 1.50. The molecule has 1 N–H and O–H groups in total. The van der Waals surface area contributed by atoms with Crippen LogP contribution in [0.4, 0.5) is 0 Å². The minimum atomic E-state index is 0.165. The predicted octanol–water partition coefficient (Wildman–Crippen LogP) is 3.60. The number of rotatable bonds is 5. The number of aromatic nitrogens is 3. The van der Waals surface area contributed by atoms with Crippen LogP contribution in [0.1, 0.15) is 35.7 Å². The number of hydrogen-bond acceptors (Lipinski definition) is 8. The topological polar surface area (TPSA) is 84.5 Å². The van der Waals surface area contributed by atoms with Crippen LogP contribution in [0, 0.1) is 6.92 Å². The van der Waals surface area contributed by atoms with Crippen molar-refractivity contribution in [2.45, 2.75) is 32.2 Å². The van der Waals surface area contributed by atoms with Crippen LogP contribution in [0.2, 0.25) is 0 Å². The van der Waals surface area contributed by atoms with E-state index in [0.29, 0.717) is 11.7 Å². The van der Waals surface area contributed by atoms with Gasteiger partial charge in [0, 0.05) is 25.1 Å². The number of likely N-dealkylation sites (tertiary alicyclic amines) is 1. The number of nitrogens with zero attached hydrogens (tertiary/aromatic N) is 4. The van der Waals surface area contributed by atoms with Gasteiger partial charge in [-0.15, -0.1) is 5.10 Å². The number of benzene rings is 1. The second-order valence-corrected chi connectivity index (χ2v) is 7.65. The van der Waals surface area contributed by atoms with E-state index in [0.717, 1.165) is 60.1 Å². The number of hydrogen-bond donors (Lipinski definition) is 1. The molecule has 1 atom stereocenters. The predicted molar refractivity (Wildman–Crippen MR) is 102 cm³/mol. The van der Waals surface area contributed by atoms with Crippen molar-refractivity contribution >= 4 is 11.5 Å². The first-order chi connectivity index (χ1) is 13.1. The van der Waals surface area contributed by atoms with E-state index in [1.54, 1.807) is 13.2 Å². The molecule has 1 fully saturated rings. The first-order valence-electron chi connectivity index (χ1n) is 8.98. The Hall–Kier alpha value is -2.45. The van der Waals surface area contributed by atoms with Crippen molar-refractivity contribution in [1.29, 1.82) is 0 Å². The molecule has 2 aromatic heterocycles. The number of aryl methyl sites for hydroxylation is 1. The second-order valence-electron chi connectivity index (χ2n) is 6.90. The van der Waals surface area contributed by atoms with E-state index in [4.69, 9.17) is 9.26 Å². The third-order valence-electron chi connectivity index (χ3n) is 4.91. The maximum Gasteiger partial charge on any atom is 0.180 e. The van der Waals surface area contributed by atoms with Gasteiger partial charge in [-0.2, -0.15) is 0 Å². The summed E-state index contributed by atoms with van der Waals surface area (Å²) < 4.78 is 14.8. The Morgan fingerprint density at radius 1 is 1.37 bits per heavy atom. The summed E-state index contributed by atoms with van der Waals surface area (Å²) in [6.45, 7) is 4.67. The lowest BCUT2D eigenvalue weighted by atomic mass is 9.93. The number of phenols is 1. The van der Waals surface area contributed by atoms with E-state index in [9.17, 15) is 5.11 Å². The molecule has 0 amide bonds. The van der Waals surface area contributed by atoms with Crippen molar-refractivity contribution in [3.63, 3.8) is 0 Å². The van der Waals surface area contributed by atoms with Gasteiger partial charge in [0.05, 0.1) is 18.5 Å². The molecule has 1 aromatic carbocycles. The number of ether oxygens (including phenoxy) is 1. The number of phenolic OH excluding ortho intramolecular Hbond substituents is 1. The Bertz CT molecular complexity index is 923. The first-order valence-corrected chi connectivity index (χ1v) is 9.75. The molecular formula is C19H22N4O3S. The molecule has 7 nitrogen and oxygen atoms in total. The summed E-state index contributed by atoms with van der Waals surface area (Å²) in [6.07, 6.45) is 2.19. The minimum Gasteiger partial charge on any atom is -0.504 e. The average Bonchev–Trinajstić information content (AvgIpc) is 3.32. The smallest absolute Gasteiger partial charge is 0.180 e. The maximum atomic E-state index is 9.78. The summed E-state index contributed by atoms with van der Waals surface area (Å²) in [6, 6.07) is 7.45. The van der Waals surface area contributed by atoms with Gasteiger partial charge in [0.25, 0.3) is 0 Å². The number of methoxy groups -OCH3 is 1. The van der Waals surface area contributed by atoms with Crippen LogP contribution < -0.4 is 4.74 Å². The van der Waals surface area contributed by atoms with E-state index in [2.05, 4.69) is 19.6 Å². The normalized spacial score (nSPS) is 17.9. The van der Waals surface area contributed by atoms with Crippen LogP contribution in [0.25, 0.3) is 10.6 Å². The highest BCUT2D eigenvalue weighted by atomic mass is 32.1. The van der Waals surface area contributed by atoms with Crippen LogP contribution >= 0.6 is 11.5 Å². The van der Waals surface area contributed by atoms with Crippen molar-refractivity contribution in [3.8, 4) is 22.1 Å². The molecule has 0 radical (unpaired) electrons. The zero-order chi connectivity index (χ0) is 18.8. The maximum absolute atomic E-state index is 9.78. The van der Waals surface area contributed by atoms with Gasteiger partial charge >= 0.3 is 0 Å². The third kappa shape index (κ3) is 3.81. The summed E-state index contributed by atoms with van der Waals surface area (Å²) in [5, 5.41) is 18.2. The highest BCUT2D eigenvalue weighted by Crippen LogP contribution is 2.36. The molecule has 3 heterocycles.